The molecule has 3 rings (SSSR count). The fourth-order valence-electron chi connectivity index (χ4n) is 2.46. The Morgan fingerprint density at radius 2 is 2.00 bits per heavy atom. The molecule has 1 aliphatic rings. The fraction of sp³-hybridized carbons (Fsp3) is 0.267. The number of hydrogen-bond donors (Lipinski definition) is 1. The van der Waals surface area contributed by atoms with Crippen molar-refractivity contribution >= 4 is 5.91 Å². The zero-order valence-corrected chi connectivity index (χ0v) is 10.7. The number of nitrogens with zero attached hydrogens (tertiary/aromatic N) is 1. The molecule has 1 amide bonds. The highest BCUT2D eigenvalue weighted by Crippen LogP contribution is 2.25. The maximum atomic E-state index is 12.2. The first-order valence-corrected chi connectivity index (χ1v) is 6.36. The molecule has 98 valence electrons. The topological polar surface area (TPSA) is 45.5 Å². The standard InChI is InChI=1S/C15H16N2O2/c1-17-14(13-8-5-9-19-13)16-12(15(17)18)10-11-6-3-2-4-7-11/h2-9,12,14,16H,10H2,1H3/t12-,14-/m1/s1. The van der Waals surface area contributed by atoms with Crippen LogP contribution in [-0.4, -0.2) is 23.9 Å². The molecule has 1 saturated heterocycles. The van der Waals surface area contributed by atoms with Gasteiger partial charge in [-0.3, -0.25) is 10.1 Å². The van der Waals surface area contributed by atoms with Gasteiger partial charge < -0.3 is 9.32 Å². The number of benzene rings is 1. The number of hydrogen-bond acceptors (Lipinski definition) is 3. The SMILES string of the molecule is CN1C(=O)[C@@H](Cc2ccccc2)N[C@H]1c1ccco1. The molecule has 0 aliphatic carbocycles. The lowest BCUT2D eigenvalue weighted by molar-refractivity contribution is -0.128. The van der Waals surface area contributed by atoms with Crippen molar-refractivity contribution in [2.45, 2.75) is 18.6 Å². The largest absolute Gasteiger partial charge is 0.466 e. The Hall–Kier alpha value is -2.07. The normalized spacial score (nSPS) is 23.0. The van der Waals surface area contributed by atoms with Crippen molar-refractivity contribution in [1.82, 2.24) is 10.2 Å². The van der Waals surface area contributed by atoms with Gasteiger partial charge >= 0.3 is 0 Å². The van der Waals surface area contributed by atoms with E-state index in [9.17, 15) is 4.79 Å². The molecular weight excluding hydrogens is 240 g/mol. The number of rotatable bonds is 3. The Balaban J connectivity index is 1.76. The second-order valence-corrected chi connectivity index (χ2v) is 4.78. The molecule has 0 unspecified atom stereocenters. The number of likely N-dealkylation sites (N-methyl/N-ethyl adjacent to an activating group) is 1. The zero-order chi connectivity index (χ0) is 13.2. The Labute approximate surface area is 112 Å². The van der Waals surface area contributed by atoms with Gasteiger partial charge in [-0.25, -0.2) is 0 Å². The lowest BCUT2D eigenvalue weighted by Crippen LogP contribution is -2.31. The van der Waals surface area contributed by atoms with Gasteiger partial charge in [0.15, 0.2) is 0 Å². The monoisotopic (exact) mass is 256 g/mol. The van der Waals surface area contributed by atoms with Crippen LogP contribution in [0.1, 0.15) is 17.5 Å². The van der Waals surface area contributed by atoms with Gasteiger partial charge in [0.2, 0.25) is 5.91 Å². The summed E-state index contributed by atoms with van der Waals surface area (Å²) in [7, 11) is 1.80. The van der Waals surface area contributed by atoms with Crippen molar-refractivity contribution in [2.24, 2.45) is 0 Å². The Kier molecular flexibility index (Phi) is 3.09. The number of nitrogens with one attached hydrogen (secondary N) is 1. The third kappa shape index (κ3) is 2.27. The molecule has 4 heteroatoms. The van der Waals surface area contributed by atoms with E-state index >= 15 is 0 Å². The van der Waals surface area contributed by atoms with Crippen LogP contribution in [0.2, 0.25) is 0 Å². The summed E-state index contributed by atoms with van der Waals surface area (Å²) in [5, 5.41) is 3.32. The van der Waals surface area contributed by atoms with E-state index in [1.165, 1.54) is 0 Å². The molecule has 1 aromatic carbocycles. The summed E-state index contributed by atoms with van der Waals surface area (Å²) < 4.78 is 5.38. The number of amides is 1. The molecule has 0 radical (unpaired) electrons. The van der Waals surface area contributed by atoms with Crippen LogP contribution < -0.4 is 5.32 Å². The van der Waals surface area contributed by atoms with E-state index < -0.39 is 0 Å². The second kappa shape index (κ2) is 4.90. The van der Waals surface area contributed by atoms with Crippen LogP contribution in [-0.2, 0) is 11.2 Å². The van der Waals surface area contributed by atoms with E-state index in [4.69, 9.17) is 4.42 Å². The molecule has 0 saturated carbocycles. The zero-order valence-electron chi connectivity index (χ0n) is 10.7. The van der Waals surface area contributed by atoms with Gasteiger partial charge in [0.1, 0.15) is 11.9 Å². The average Bonchev–Trinajstić information content (AvgIpc) is 3.04. The first kappa shape index (κ1) is 12.0. The fourth-order valence-corrected chi connectivity index (χ4v) is 2.46. The molecule has 2 atom stereocenters. The summed E-state index contributed by atoms with van der Waals surface area (Å²) in [6, 6.07) is 13.6. The van der Waals surface area contributed by atoms with Gasteiger partial charge in [-0.1, -0.05) is 30.3 Å². The Morgan fingerprint density at radius 3 is 2.68 bits per heavy atom. The minimum absolute atomic E-state index is 0.102. The predicted octanol–water partition coefficient (Wildman–Crippen LogP) is 1.95. The molecule has 0 bridgehead atoms. The quantitative estimate of drug-likeness (QED) is 0.913. The Bertz CT molecular complexity index is 551. The van der Waals surface area contributed by atoms with Gasteiger partial charge in [-0.05, 0) is 24.1 Å². The lowest BCUT2D eigenvalue weighted by atomic mass is 10.1. The van der Waals surface area contributed by atoms with Crippen molar-refractivity contribution in [1.29, 1.82) is 0 Å². The molecule has 1 aromatic heterocycles. The van der Waals surface area contributed by atoms with Crippen LogP contribution in [0.3, 0.4) is 0 Å². The highest BCUT2D eigenvalue weighted by atomic mass is 16.3. The molecule has 1 N–H and O–H groups in total. The Morgan fingerprint density at radius 1 is 1.21 bits per heavy atom. The number of furan rings is 1. The van der Waals surface area contributed by atoms with Crippen LogP contribution in [0.5, 0.6) is 0 Å². The van der Waals surface area contributed by atoms with E-state index in [-0.39, 0.29) is 18.1 Å². The van der Waals surface area contributed by atoms with E-state index in [0.717, 1.165) is 11.3 Å². The van der Waals surface area contributed by atoms with Crippen molar-refractivity contribution < 1.29 is 9.21 Å². The third-order valence-electron chi connectivity index (χ3n) is 3.49. The predicted molar refractivity (Wildman–Crippen MR) is 71.3 cm³/mol. The van der Waals surface area contributed by atoms with Gasteiger partial charge in [-0.2, -0.15) is 0 Å². The smallest absolute Gasteiger partial charge is 0.241 e. The maximum absolute atomic E-state index is 12.2. The van der Waals surface area contributed by atoms with Gasteiger partial charge in [0.05, 0.1) is 12.3 Å². The summed E-state index contributed by atoms with van der Waals surface area (Å²) in [6.07, 6.45) is 2.15. The molecule has 2 heterocycles. The van der Waals surface area contributed by atoms with Gasteiger partial charge in [0, 0.05) is 7.05 Å². The van der Waals surface area contributed by atoms with E-state index in [1.54, 1.807) is 18.2 Å². The van der Waals surface area contributed by atoms with Crippen molar-refractivity contribution in [3.8, 4) is 0 Å². The van der Waals surface area contributed by atoms with Crippen molar-refractivity contribution in [2.75, 3.05) is 7.05 Å². The molecule has 1 aliphatic heterocycles. The molecule has 19 heavy (non-hydrogen) atoms. The van der Waals surface area contributed by atoms with Crippen LogP contribution in [0.15, 0.2) is 53.1 Å². The van der Waals surface area contributed by atoms with Crippen LogP contribution in [0.4, 0.5) is 0 Å². The van der Waals surface area contributed by atoms with Crippen molar-refractivity contribution in [3.05, 3.63) is 60.1 Å². The summed E-state index contributed by atoms with van der Waals surface area (Å²) in [6.45, 7) is 0. The number of carbonyl (C=O) groups is 1. The van der Waals surface area contributed by atoms with Crippen molar-refractivity contribution in [3.63, 3.8) is 0 Å². The minimum Gasteiger partial charge on any atom is -0.466 e. The highest BCUT2D eigenvalue weighted by Gasteiger charge is 2.38. The van der Waals surface area contributed by atoms with Gasteiger partial charge in [0.25, 0.3) is 0 Å². The van der Waals surface area contributed by atoms with E-state index in [0.29, 0.717) is 6.42 Å². The van der Waals surface area contributed by atoms with Gasteiger partial charge in [-0.15, -0.1) is 0 Å². The third-order valence-corrected chi connectivity index (χ3v) is 3.49. The summed E-state index contributed by atoms with van der Waals surface area (Å²) in [4.78, 5) is 13.9. The first-order valence-electron chi connectivity index (χ1n) is 6.36. The lowest BCUT2D eigenvalue weighted by Gasteiger charge is -2.16. The molecule has 4 nitrogen and oxygen atoms in total. The summed E-state index contributed by atoms with van der Waals surface area (Å²) in [5.41, 5.74) is 1.15. The molecule has 0 spiro atoms. The first-order chi connectivity index (χ1) is 9.25. The summed E-state index contributed by atoms with van der Waals surface area (Å²) >= 11 is 0. The highest BCUT2D eigenvalue weighted by molar-refractivity contribution is 5.84. The molecule has 1 fully saturated rings. The maximum Gasteiger partial charge on any atom is 0.241 e. The van der Waals surface area contributed by atoms with Crippen LogP contribution in [0, 0.1) is 0 Å². The molecule has 2 aromatic rings. The second-order valence-electron chi connectivity index (χ2n) is 4.78. The van der Waals surface area contributed by atoms with E-state index in [1.807, 2.05) is 42.5 Å². The van der Waals surface area contributed by atoms with Crippen LogP contribution in [0.25, 0.3) is 0 Å². The molecular formula is C15H16N2O2. The average molecular weight is 256 g/mol. The number of carbonyl (C=O) groups excluding carboxylic acids is 1. The summed E-state index contributed by atoms with van der Waals surface area (Å²) in [5.74, 6) is 0.872. The minimum atomic E-state index is -0.192. The van der Waals surface area contributed by atoms with Crippen LogP contribution >= 0.6 is 0 Å². The van der Waals surface area contributed by atoms with E-state index in [2.05, 4.69) is 5.32 Å².